The van der Waals surface area contributed by atoms with E-state index in [2.05, 4.69) is 6.92 Å². The van der Waals surface area contributed by atoms with Crippen LogP contribution in [0.5, 0.6) is 0 Å². The molecule has 2 aliphatic carbocycles. The van der Waals surface area contributed by atoms with Crippen molar-refractivity contribution in [2.75, 3.05) is 0 Å². The minimum absolute atomic E-state index is 0.121. The molecule has 1 aromatic heterocycles. The highest BCUT2D eigenvalue weighted by Gasteiger charge is 2.62. The van der Waals surface area contributed by atoms with E-state index in [1.165, 1.54) is 6.08 Å². The van der Waals surface area contributed by atoms with Gasteiger partial charge in [-0.05, 0) is 62.0 Å². The number of esters is 2. The van der Waals surface area contributed by atoms with Crippen LogP contribution in [0.15, 0.2) is 58.5 Å². The second-order valence-electron chi connectivity index (χ2n) is 10.1. The van der Waals surface area contributed by atoms with Crippen molar-refractivity contribution < 1.29 is 28.3 Å². The molecule has 6 heteroatoms. The van der Waals surface area contributed by atoms with Gasteiger partial charge in [-0.2, -0.15) is 0 Å². The molecule has 31 heavy (non-hydrogen) atoms. The summed E-state index contributed by atoms with van der Waals surface area (Å²) >= 11 is 0. The van der Waals surface area contributed by atoms with Crippen LogP contribution >= 0.6 is 0 Å². The number of hydrogen-bond acceptors (Lipinski definition) is 6. The van der Waals surface area contributed by atoms with Crippen molar-refractivity contribution in [2.45, 2.75) is 52.2 Å². The van der Waals surface area contributed by atoms with E-state index < -0.39 is 34.4 Å². The third-order valence-corrected chi connectivity index (χ3v) is 7.75. The number of hydrogen-bond donors (Lipinski definition) is 0. The maximum atomic E-state index is 13.2. The Bertz CT molecular complexity index is 1070. The summed E-state index contributed by atoms with van der Waals surface area (Å²) in [5.41, 5.74) is 0.314. The molecule has 1 saturated carbocycles. The number of furan rings is 1. The Balaban J connectivity index is 1.64. The number of cyclic esters (lactones) is 2. The first-order valence-electron chi connectivity index (χ1n) is 10.7. The van der Waals surface area contributed by atoms with Crippen molar-refractivity contribution in [1.29, 1.82) is 0 Å². The lowest BCUT2D eigenvalue weighted by atomic mass is 9.53. The first kappa shape index (κ1) is 20.0. The van der Waals surface area contributed by atoms with Crippen molar-refractivity contribution in [2.24, 2.45) is 22.7 Å². The summed E-state index contributed by atoms with van der Waals surface area (Å²) in [6.45, 7) is 7.72. The van der Waals surface area contributed by atoms with Crippen LogP contribution in [0.2, 0.25) is 0 Å². The molecule has 162 valence electrons. The summed E-state index contributed by atoms with van der Waals surface area (Å²) in [5.74, 6) is -1.59. The van der Waals surface area contributed by atoms with Gasteiger partial charge in [-0.25, -0.2) is 4.79 Å². The highest BCUT2D eigenvalue weighted by Crippen LogP contribution is 2.64. The molecule has 0 radical (unpaired) electrons. The largest absolute Gasteiger partial charge is 0.472 e. The van der Waals surface area contributed by atoms with Crippen molar-refractivity contribution >= 4 is 17.7 Å². The molecule has 0 spiro atoms. The van der Waals surface area contributed by atoms with E-state index in [0.717, 1.165) is 29.6 Å². The average molecular weight is 422 g/mol. The molecule has 2 aliphatic heterocycles. The Morgan fingerprint density at radius 1 is 1.06 bits per heavy atom. The normalized spacial score (nSPS) is 38.6. The van der Waals surface area contributed by atoms with Crippen molar-refractivity contribution in [3.05, 3.63) is 59.6 Å². The summed E-state index contributed by atoms with van der Waals surface area (Å²) in [6.07, 6.45) is 10.8. The van der Waals surface area contributed by atoms with Crippen LogP contribution in [0, 0.1) is 22.7 Å². The SMILES string of the molecule is CC1(C)OC(=O)C=CC2(C)C1=CC(=O)C=C1C2CCC2(C)C1C(=O)OC2c1ccoc1. The van der Waals surface area contributed by atoms with Gasteiger partial charge in [0.25, 0.3) is 0 Å². The van der Waals surface area contributed by atoms with E-state index in [1.54, 1.807) is 24.7 Å². The fourth-order valence-electron chi connectivity index (χ4n) is 6.36. The first-order chi connectivity index (χ1) is 14.6. The number of rotatable bonds is 1. The van der Waals surface area contributed by atoms with Crippen molar-refractivity contribution in [1.82, 2.24) is 0 Å². The van der Waals surface area contributed by atoms with Crippen LogP contribution in [-0.2, 0) is 23.9 Å². The highest BCUT2D eigenvalue weighted by atomic mass is 16.6. The van der Waals surface area contributed by atoms with Gasteiger partial charge in [0.05, 0.1) is 18.4 Å². The summed E-state index contributed by atoms with van der Waals surface area (Å²) in [7, 11) is 0. The van der Waals surface area contributed by atoms with Gasteiger partial charge in [-0.3, -0.25) is 9.59 Å². The molecule has 2 fully saturated rings. The monoisotopic (exact) mass is 422 g/mol. The zero-order valence-electron chi connectivity index (χ0n) is 18.1. The molecule has 0 amide bonds. The van der Waals surface area contributed by atoms with Crippen molar-refractivity contribution in [3.63, 3.8) is 0 Å². The average Bonchev–Trinajstić information content (AvgIpc) is 3.25. The second kappa shape index (κ2) is 6.31. The van der Waals surface area contributed by atoms with Gasteiger partial charge in [0, 0.05) is 22.5 Å². The molecule has 1 saturated heterocycles. The predicted octanol–water partition coefficient (Wildman–Crippen LogP) is 4.24. The number of carbonyl (C=O) groups is 3. The van der Waals surface area contributed by atoms with Crippen LogP contribution in [0.4, 0.5) is 0 Å². The molecule has 4 aliphatic rings. The minimum atomic E-state index is -0.940. The second-order valence-corrected chi connectivity index (χ2v) is 10.1. The van der Waals surface area contributed by atoms with Gasteiger partial charge in [-0.15, -0.1) is 0 Å². The number of carbonyl (C=O) groups excluding carboxylic acids is 3. The van der Waals surface area contributed by atoms with Gasteiger partial charge >= 0.3 is 11.9 Å². The number of allylic oxidation sites excluding steroid dienone is 3. The fourth-order valence-corrected chi connectivity index (χ4v) is 6.36. The third-order valence-electron chi connectivity index (χ3n) is 7.75. The van der Waals surface area contributed by atoms with E-state index in [4.69, 9.17) is 13.9 Å². The van der Waals surface area contributed by atoms with E-state index in [-0.39, 0.29) is 17.7 Å². The third kappa shape index (κ3) is 2.73. The Hall–Kier alpha value is -2.89. The van der Waals surface area contributed by atoms with Crippen LogP contribution in [-0.4, -0.2) is 23.3 Å². The van der Waals surface area contributed by atoms with Gasteiger partial charge in [0.2, 0.25) is 0 Å². The topological polar surface area (TPSA) is 82.8 Å². The van der Waals surface area contributed by atoms with Crippen molar-refractivity contribution in [3.8, 4) is 0 Å². The summed E-state index contributed by atoms with van der Waals surface area (Å²) < 4.78 is 16.7. The maximum Gasteiger partial charge on any atom is 0.331 e. The smallest absolute Gasteiger partial charge is 0.331 e. The van der Waals surface area contributed by atoms with Gasteiger partial charge in [0.1, 0.15) is 11.7 Å². The van der Waals surface area contributed by atoms with Crippen LogP contribution in [0.1, 0.15) is 52.2 Å². The quantitative estimate of drug-likeness (QED) is 0.630. The van der Waals surface area contributed by atoms with E-state index >= 15 is 0 Å². The first-order valence-corrected chi connectivity index (χ1v) is 10.7. The highest BCUT2D eigenvalue weighted by molar-refractivity contribution is 6.02. The Kier molecular flexibility index (Phi) is 4.08. The van der Waals surface area contributed by atoms with Crippen LogP contribution < -0.4 is 0 Å². The number of ether oxygens (including phenoxy) is 2. The van der Waals surface area contributed by atoms with Gasteiger partial charge in [0.15, 0.2) is 5.78 Å². The molecular weight excluding hydrogens is 396 g/mol. The predicted molar refractivity (Wildman–Crippen MR) is 110 cm³/mol. The van der Waals surface area contributed by atoms with E-state index in [1.807, 2.05) is 32.9 Å². The van der Waals surface area contributed by atoms with Crippen LogP contribution in [0.3, 0.4) is 0 Å². The van der Waals surface area contributed by atoms with E-state index in [9.17, 15) is 14.4 Å². The molecule has 1 aromatic rings. The number of fused-ring (bicyclic) bond motifs is 5. The van der Waals surface area contributed by atoms with Gasteiger partial charge < -0.3 is 13.9 Å². The molecule has 6 nitrogen and oxygen atoms in total. The summed E-state index contributed by atoms with van der Waals surface area (Å²) in [4.78, 5) is 38.5. The lowest BCUT2D eigenvalue weighted by molar-refractivity contribution is -0.147. The van der Waals surface area contributed by atoms with Crippen LogP contribution in [0.25, 0.3) is 0 Å². The minimum Gasteiger partial charge on any atom is -0.472 e. The summed E-state index contributed by atoms with van der Waals surface area (Å²) in [6, 6.07) is 1.82. The molecule has 0 bridgehead atoms. The summed E-state index contributed by atoms with van der Waals surface area (Å²) in [5, 5.41) is 0. The molecule has 0 N–H and O–H groups in total. The lowest BCUT2D eigenvalue weighted by Gasteiger charge is -2.48. The fraction of sp³-hybridized carbons (Fsp3) is 0.480. The lowest BCUT2D eigenvalue weighted by Crippen LogP contribution is -2.45. The molecule has 0 aromatic carbocycles. The molecule has 3 heterocycles. The molecular formula is C25H26O6. The Morgan fingerprint density at radius 3 is 2.55 bits per heavy atom. The molecule has 5 unspecified atom stereocenters. The molecule has 5 atom stereocenters. The number of ketones is 1. The molecule has 5 rings (SSSR count). The Morgan fingerprint density at radius 2 is 1.84 bits per heavy atom. The maximum absolute atomic E-state index is 13.2. The standard InChI is InChI=1S/C25H26O6/c1-23(2)18-12-15(26)11-16-17(24(18,3)9-6-19(27)31-23)5-8-25(4)20(16)22(28)30-21(25)14-7-10-29-13-14/h6-7,9-13,17,20-21H,5,8H2,1-4H3. The van der Waals surface area contributed by atoms with Gasteiger partial charge in [-0.1, -0.05) is 19.9 Å². The van der Waals surface area contributed by atoms with E-state index in [0.29, 0.717) is 0 Å². The zero-order valence-corrected chi connectivity index (χ0v) is 18.1. The zero-order chi connectivity index (χ0) is 22.2. The Labute approximate surface area is 181 Å².